The molecule has 0 amide bonds. The summed E-state index contributed by atoms with van der Waals surface area (Å²) in [7, 11) is 8.23. The van der Waals surface area contributed by atoms with Gasteiger partial charge in [-0.25, -0.2) is 4.79 Å². The van der Waals surface area contributed by atoms with Gasteiger partial charge in [0.05, 0.1) is 77.1 Å². The molecule has 3 N–H and O–H groups in total. The van der Waals surface area contributed by atoms with Crippen LogP contribution >= 0.6 is 136 Å². The number of aliphatic hydroxyl groups is 3. The lowest BCUT2D eigenvalue weighted by atomic mass is 9.91. The van der Waals surface area contributed by atoms with Gasteiger partial charge in [0.25, 0.3) is 0 Å². The van der Waals surface area contributed by atoms with E-state index in [9.17, 15) is 20.1 Å². The van der Waals surface area contributed by atoms with Crippen molar-refractivity contribution in [1.82, 2.24) is 19.6 Å². The van der Waals surface area contributed by atoms with Gasteiger partial charge >= 0.3 is 5.97 Å². The molecule has 4 heterocycles. The molecular formula is C27H42N4O10S12. The van der Waals surface area contributed by atoms with E-state index in [1.807, 2.05) is 19.6 Å². The van der Waals surface area contributed by atoms with E-state index in [2.05, 4.69) is 0 Å². The molecule has 26 heteroatoms. The third kappa shape index (κ3) is 14.1. The van der Waals surface area contributed by atoms with Gasteiger partial charge < -0.3 is 58.6 Å². The summed E-state index contributed by atoms with van der Waals surface area (Å²) in [5.41, 5.74) is -3.09. The summed E-state index contributed by atoms with van der Waals surface area (Å²) >= 11 is 24.2. The van der Waals surface area contributed by atoms with Gasteiger partial charge in [0.2, 0.25) is 4.27 Å². The Kier molecular flexibility index (Phi) is 22.4. The maximum Gasteiger partial charge on any atom is 0.332 e. The van der Waals surface area contributed by atoms with Crippen LogP contribution in [0.15, 0.2) is 0 Å². The molecule has 0 bridgehead atoms. The standard InChI is InChI=1S/C27H42N4O10S12/c32-17-20(35)40-21(46-47-22(42)28-1-9-36-10-2-28)26(18-33,19-34)27(51-48-23(43)29-3-11-37-12-4-29,52-49-24(44)30-5-13-38-14-6-30)41-53-50-25(45)31-7-15-39-16-8-31/h21,32-34H,1-19H2. The summed E-state index contributed by atoms with van der Waals surface area (Å²) in [6, 6.07) is 0. The van der Waals surface area contributed by atoms with Crippen LogP contribution in [0.25, 0.3) is 0 Å². The summed E-state index contributed by atoms with van der Waals surface area (Å²) in [6.07, 6.45) is 0. The zero-order chi connectivity index (χ0) is 38.1. The first-order valence-corrected chi connectivity index (χ1v) is 26.5. The van der Waals surface area contributed by atoms with E-state index < -0.39 is 40.9 Å². The van der Waals surface area contributed by atoms with Crippen LogP contribution < -0.4 is 0 Å². The first kappa shape index (κ1) is 47.2. The lowest BCUT2D eigenvalue weighted by molar-refractivity contribution is -0.159. The molecule has 0 radical (unpaired) electrons. The number of esters is 1. The second-order valence-electron chi connectivity index (χ2n) is 11.2. The second kappa shape index (κ2) is 25.2. The maximum atomic E-state index is 12.9. The molecule has 0 aromatic rings. The maximum absolute atomic E-state index is 12.9. The quantitative estimate of drug-likeness (QED) is 0.0725. The zero-order valence-electron chi connectivity index (χ0n) is 28.4. The average molecular weight is 967 g/mol. The van der Waals surface area contributed by atoms with Crippen LogP contribution in [0.1, 0.15) is 0 Å². The number of hydrogen-bond acceptors (Lipinski definition) is 22. The Hall–Kier alpha value is 1.51. The van der Waals surface area contributed by atoms with Crippen molar-refractivity contribution in [1.29, 1.82) is 0 Å². The van der Waals surface area contributed by atoms with Gasteiger partial charge in [-0.1, -0.05) is 48.9 Å². The Morgan fingerprint density at radius 2 is 0.962 bits per heavy atom. The molecular weight excluding hydrogens is 925 g/mol. The van der Waals surface area contributed by atoms with Crippen molar-refractivity contribution in [3.8, 4) is 0 Å². The summed E-state index contributed by atoms with van der Waals surface area (Å²) in [5, 5.41) is 32.9. The van der Waals surface area contributed by atoms with Gasteiger partial charge in [0, 0.05) is 63.2 Å². The average Bonchev–Trinajstić information content (AvgIpc) is 3.22. The molecule has 4 saturated heterocycles. The highest BCUT2D eigenvalue weighted by molar-refractivity contribution is 8.92. The minimum atomic E-state index is -1.78. The lowest BCUT2D eigenvalue weighted by Crippen LogP contribution is -2.57. The first-order valence-electron chi connectivity index (χ1n) is 16.2. The number of ether oxygens (including phenoxy) is 5. The smallest absolute Gasteiger partial charge is 0.332 e. The van der Waals surface area contributed by atoms with Crippen LogP contribution in [0, 0.1) is 5.41 Å². The van der Waals surface area contributed by atoms with Crippen molar-refractivity contribution in [2.24, 2.45) is 5.41 Å². The van der Waals surface area contributed by atoms with Gasteiger partial charge in [-0.15, -0.1) is 0 Å². The minimum absolute atomic E-state index is 0.506. The Morgan fingerprint density at radius 3 is 1.32 bits per heavy atom. The largest absolute Gasteiger partial charge is 0.448 e. The molecule has 0 saturated carbocycles. The third-order valence-electron chi connectivity index (χ3n) is 7.97. The molecule has 302 valence electrons. The van der Waals surface area contributed by atoms with Crippen LogP contribution in [0.2, 0.25) is 0 Å². The highest BCUT2D eigenvalue weighted by Gasteiger charge is 2.62. The molecule has 4 aliphatic rings. The van der Waals surface area contributed by atoms with E-state index in [4.69, 9.17) is 76.7 Å². The minimum Gasteiger partial charge on any atom is -0.448 e. The van der Waals surface area contributed by atoms with E-state index in [-0.39, 0.29) is 0 Å². The zero-order valence-corrected chi connectivity index (χ0v) is 38.2. The predicted molar refractivity (Wildman–Crippen MR) is 238 cm³/mol. The van der Waals surface area contributed by atoms with Crippen molar-refractivity contribution >= 4 is 159 Å². The fourth-order valence-corrected chi connectivity index (χ4v) is 18.4. The van der Waals surface area contributed by atoms with E-state index in [1.165, 1.54) is 54.0 Å². The van der Waals surface area contributed by atoms with Gasteiger partial charge in [-0.2, -0.15) is 0 Å². The van der Waals surface area contributed by atoms with Crippen LogP contribution in [-0.4, -0.2) is 193 Å². The van der Waals surface area contributed by atoms with Crippen molar-refractivity contribution in [3.05, 3.63) is 0 Å². The van der Waals surface area contributed by atoms with Crippen LogP contribution in [0.5, 0.6) is 0 Å². The van der Waals surface area contributed by atoms with Crippen LogP contribution in [0.3, 0.4) is 0 Å². The highest BCUT2D eigenvalue weighted by atomic mass is 33.1. The summed E-state index contributed by atoms with van der Waals surface area (Å²) in [5.74, 6) is -0.959. The molecule has 1 atom stereocenters. The molecule has 0 aromatic carbocycles. The van der Waals surface area contributed by atoms with E-state index in [0.717, 1.165) is 32.7 Å². The van der Waals surface area contributed by atoms with Crippen molar-refractivity contribution in [3.63, 3.8) is 0 Å². The Morgan fingerprint density at radius 1 is 0.604 bits per heavy atom. The SMILES string of the molecule is O=C(CO)OC(SSC(=S)N1CCOCC1)C(CO)(CO)C(OSSC(=S)N1CCOCC1)(SSC(=S)N1CCOCC1)SSC(=S)N1CCOCC1. The fraction of sp³-hybridized carbons (Fsp3) is 0.815. The highest BCUT2D eigenvalue weighted by Crippen LogP contribution is 2.65. The van der Waals surface area contributed by atoms with Gasteiger partial charge in [0.1, 0.15) is 29.3 Å². The predicted octanol–water partition coefficient (Wildman–Crippen LogP) is 3.40. The number of rotatable bonds is 15. The fourth-order valence-electron chi connectivity index (χ4n) is 4.76. The number of thiocarbonyl (C=S) groups is 4. The summed E-state index contributed by atoms with van der Waals surface area (Å²) in [4.78, 5) is 20.9. The Labute approximate surface area is 363 Å². The van der Waals surface area contributed by atoms with Crippen molar-refractivity contribution in [2.45, 2.75) is 9.70 Å². The first-order chi connectivity index (χ1) is 25.7. The number of carbonyl (C=O) groups is 1. The molecule has 14 nitrogen and oxygen atoms in total. The van der Waals surface area contributed by atoms with E-state index in [0.29, 0.717) is 122 Å². The van der Waals surface area contributed by atoms with Crippen LogP contribution in [0.4, 0.5) is 0 Å². The van der Waals surface area contributed by atoms with Crippen molar-refractivity contribution in [2.75, 3.05) is 125 Å². The molecule has 0 aromatic heterocycles. The van der Waals surface area contributed by atoms with Gasteiger partial charge in [-0.05, 0) is 64.8 Å². The van der Waals surface area contributed by atoms with Gasteiger partial charge in [0.15, 0.2) is 5.44 Å². The Balaban J connectivity index is 1.71. The monoisotopic (exact) mass is 966 g/mol. The normalized spacial score (nSPS) is 19.5. The number of nitrogens with zero attached hydrogens (tertiary/aromatic N) is 4. The number of morpholine rings is 4. The molecule has 1 unspecified atom stereocenters. The third-order valence-corrected chi connectivity index (χ3v) is 22.0. The molecule has 0 aliphatic carbocycles. The molecule has 4 aliphatic heterocycles. The molecule has 4 rings (SSSR count). The Bertz CT molecular complexity index is 1170. The number of aliphatic hydroxyl groups excluding tert-OH is 3. The molecule has 53 heavy (non-hydrogen) atoms. The molecule has 0 spiro atoms. The summed E-state index contributed by atoms with van der Waals surface area (Å²) in [6.45, 7) is 6.60. The molecule has 4 fully saturated rings. The van der Waals surface area contributed by atoms with E-state index in [1.54, 1.807) is 0 Å². The second-order valence-corrected chi connectivity index (χ2v) is 22.7. The number of hydrogen-bond donors (Lipinski definition) is 3. The lowest BCUT2D eigenvalue weighted by Gasteiger charge is -2.48. The van der Waals surface area contributed by atoms with Crippen molar-refractivity contribution < 1.29 is 48.0 Å². The number of carbonyl (C=O) groups excluding carboxylic acids is 1. The topological polar surface area (TPSA) is 146 Å². The van der Waals surface area contributed by atoms with E-state index >= 15 is 0 Å². The summed E-state index contributed by atoms with van der Waals surface area (Å²) < 4.78 is 35.2. The van der Waals surface area contributed by atoms with Gasteiger partial charge in [-0.3, -0.25) is 4.18 Å². The van der Waals surface area contributed by atoms with Crippen LogP contribution in [-0.2, 0) is 32.7 Å².